The van der Waals surface area contributed by atoms with Crippen molar-refractivity contribution < 1.29 is 33.2 Å². The summed E-state index contributed by atoms with van der Waals surface area (Å²) >= 11 is 1.85. The zero-order valence-corrected chi connectivity index (χ0v) is 29.0. The van der Waals surface area contributed by atoms with Crippen LogP contribution in [-0.4, -0.2) is 62.1 Å². The van der Waals surface area contributed by atoms with E-state index < -0.39 is 0 Å². The second kappa shape index (κ2) is 18.3. The molecule has 0 aliphatic carbocycles. The second-order valence-corrected chi connectivity index (χ2v) is 11.5. The van der Waals surface area contributed by atoms with E-state index in [2.05, 4.69) is 43.4 Å². The molecule has 0 fully saturated rings. The van der Waals surface area contributed by atoms with Gasteiger partial charge in [-0.05, 0) is 85.2 Å². The average molecular weight is 637 g/mol. The van der Waals surface area contributed by atoms with Crippen LogP contribution in [0.3, 0.4) is 0 Å². The van der Waals surface area contributed by atoms with Crippen molar-refractivity contribution in [2.75, 3.05) is 62.1 Å². The Morgan fingerprint density at radius 2 is 1.40 bits per heavy atom. The molecule has 8 heteroatoms. The van der Waals surface area contributed by atoms with Crippen molar-refractivity contribution in [2.45, 2.75) is 38.4 Å². The minimum Gasteiger partial charge on any atom is -0.497 e. The van der Waals surface area contributed by atoms with Crippen LogP contribution in [0.4, 0.5) is 0 Å². The lowest BCUT2D eigenvalue weighted by atomic mass is 9.91. The monoisotopic (exact) mass is 636 g/mol. The van der Waals surface area contributed by atoms with Gasteiger partial charge >= 0.3 is 0 Å². The van der Waals surface area contributed by atoms with Crippen molar-refractivity contribution in [3.8, 4) is 34.5 Å². The zero-order chi connectivity index (χ0) is 32.8. The molecule has 3 aromatic rings. The number of allylic oxidation sites excluding steroid dienone is 2. The molecule has 0 N–H and O–H groups in total. The van der Waals surface area contributed by atoms with Crippen LogP contribution >= 0.6 is 11.8 Å². The third-order valence-electron chi connectivity index (χ3n) is 7.69. The summed E-state index contributed by atoms with van der Waals surface area (Å²) in [5, 5.41) is -0.105. The Labute approximate surface area is 273 Å². The molecule has 0 bridgehead atoms. The van der Waals surface area contributed by atoms with Crippen molar-refractivity contribution in [3.05, 3.63) is 94.1 Å². The van der Waals surface area contributed by atoms with Gasteiger partial charge in [-0.3, -0.25) is 0 Å². The Balaban J connectivity index is 2.20. The number of hydrogen-bond donors (Lipinski definition) is 0. The number of methoxy groups -OCH3 is 7. The lowest BCUT2D eigenvalue weighted by Crippen LogP contribution is -2.10. The molecule has 45 heavy (non-hydrogen) atoms. The van der Waals surface area contributed by atoms with Crippen LogP contribution in [0.15, 0.2) is 66.3 Å². The highest BCUT2D eigenvalue weighted by atomic mass is 32.2. The highest BCUT2D eigenvalue weighted by Gasteiger charge is 2.27. The Bertz CT molecular complexity index is 1450. The summed E-state index contributed by atoms with van der Waals surface area (Å²) in [5.74, 6) is 5.23. The predicted octanol–water partition coefficient (Wildman–Crippen LogP) is 8.19. The standard InChI is InChI=1S/C37H48O7S/c1-10-12-27(13-11-18-38-3)24-45-37(31-21-30(40-5)22-33(42-7)25(31)2)36-28(20-29(39-4)23-35(36)44-9)16-14-26-15-17-32(41-6)34(19-26)43-8/h10,12-13,15,17,19-23,37H,11,14,16,18,24H2,1-9H3/b12-10-,27-13+. The average Bonchev–Trinajstić information content (AvgIpc) is 3.07. The highest BCUT2D eigenvalue weighted by molar-refractivity contribution is 7.99. The molecule has 0 aromatic heterocycles. The first-order chi connectivity index (χ1) is 21.9. The Morgan fingerprint density at radius 1 is 0.733 bits per heavy atom. The summed E-state index contributed by atoms with van der Waals surface area (Å²) in [6.07, 6.45) is 8.87. The topological polar surface area (TPSA) is 64.6 Å². The normalized spacial score (nSPS) is 12.2. The number of thioether (sulfide) groups is 1. The fourth-order valence-corrected chi connectivity index (χ4v) is 6.74. The Morgan fingerprint density at radius 3 is 2.02 bits per heavy atom. The molecule has 0 saturated carbocycles. The molecular formula is C37H48O7S. The van der Waals surface area contributed by atoms with E-state index in [9.17, 15) is 0 Å². The lowest BCUT2D eigenvalue weighted by Gasteiger charge is -2.27. The highest BCUT2D eigenvalue weighted by Crippen LogP contribution is 2.48. The van der Waals surface area contributed by atoms with Gasteiger partial charge in [0.1, 0.15) is 23.0 Å². The summed E-state index contributed by atoms with van der Waals surface area (Å²) < 4.78 is 39.7. The maximum atomic E-state index is 6.10. The molecule has 0 amide bonds. The quantitative estimate of drug-likeness (QED) is 0.102. The zero-order valence-electron chi connectivity index (χ0n) is 28.2. The summed E-state index contributed by atoms with van der Waals surface area (Å²) in [5.41, 5.74) is 6.76. The van der Waals surface area contributed by atoms with E-state index in [0.717, 1.165) is 75.8 Å². The molecule has 0 heterocycles. The van der Waals surface area contributed by atoms with Crippen molar-refractivity contribution >= 4 is 11.8 Å². The third-order valence-corrected chi connectivity index (χ3v) is 9.01. The van der Waals surface area contributed by atoms with Gasteiger partial charge in [0.2, 0.25) is 0 Å². The van der Waals surface area contributed by atoms with E-state index in [0.29, 0.717) is 18.1 Å². The van der Waals surface area contributed by atoms with Gasteiger partial charge in [-0.15, -0.1) is 11.8 Å². The van der Waals surface area contributed by atoms with E-state index in [1.807, 2.05) is 43.0 Å². The van der Waals surface area contributed by atoms with E-state index >= 15 is 0 Å². The second-order valence-electron chi connectivity index (χ2n) is 10.4. The molecule has 0 saturated heterocycles. The van der Waals surface area contributed by atoms with Crippen LogP contribution in [0.5, 0.6) is 34.5 Å². The van der Waals surface area contributed by atoms with Gasteiger partial charge < -0.3 is 33.2 Å². The first kappa shape index (κ1) is 35.7. The summed E-state index contributed by atoms with van der Waals surface area (Å²) in [6.45, 7) is 4.82. The molecule has 0 radical (unpaired) electrons. The molecule has 0 aliphatic rings. The molecule has 0 aliphatic heterocycles. The van der Waals surface area contributed by atoms with Gasteiger partial charge in [-0.1, -0.05) is 24.3 Å². The maximum Gasteiger partial charge on any atom is 0.160 e. The third kappa shape index (κ3) is 9.38. The van der Waals surface area contributed by atoms with Crippen LogP contribution in [0.1, 0.15) is 46.4 Å². The van der Waals surface area contributed by atoms with Gasteiger partial charge in [-0.25, -0.2) is 0 Å². The van der Waals surface area contributed by atoms with Gasteiger partial charge in [0.05, 0.1) is 47.9 Å². The summed E-state index contributed by atoms with van der Waals surface area (Å²) in [7, 11) is 11.8. The molecule has 244 valence electrons. The van der Waals surface area contributed by atoms with Crippen molar-refractivity contribution in [1.82, 2.24) is 0 Å². The van der Waals surface area contributed by atoms with Crippen molar-refractivity contribution in [3.63, 3.8) is 0 Å². The number of ether oxygens (including phenoxy) is 7. The van der Waals surface area contributed by atoms with Crippen LogP contribution in [-0.2, 0) is 17.6 Å². The van der Waals surface area contributed by atoms with E-state index in [4.69, 9.17) is 33.2 Å². The van der Waals surface area contributed by atoms with Gasteiger partial charge in [0.25, 0.3) is 0 Å². The summed E-state index contributed by atoms with van der Waals surface area (Å²) in [6, 6.07) is 14.2. The minimum atomic E-state index is -0.105. The molecule has 3 aromatic carbocycles. The largest absolute Gasteiger partial charge is 0.497 e. The van der Waals surface area contributed by atoms with E-state index in [1.165, 1.54) is 5.57 Å². The Hall–Kier alpha value is -3.75. The predicted molar refractivity (Wildman–Crippen MR) is 184 cm³/mol. The minimum absolute atomic E-state index is 0.105. The van der Waals surface area contributed by atoms with Crippen molar-refractivity contribution in [1.29, 1.82) is 0 Å². The van der Waals surface area contributed by atoms with Crippen molar-refractivity contribution in [2.24, 2.45) is 0 Å². The van der Waals surface area contributed by atoms with Gasteiger partial charge in [0, 0.05) is 37.2 Å². The molecular weight excluding hydrogens is 588 g/mol. The summed E-state index contributed by atoms with van der Waals surface area (Å²) in [4.78, 5) is 0. The van der Waals surface area contributed by atoms with E-state index in [1.54, 1.807) is 49.8 Å². The number of hydrogen-bond acceptors (Lipinski definition) is 8. The van der Waals surface area contributed by atoms with Crippen LogP contribution in [0, 0.1) is 6.92 Å². The maximum absolute atomic E-state index is 6.10. The number of benzene rings is 3. The Kier molecular flexibility index (Phi) is 14.5. The van der Waals surface area contributed by atoms with Crippen LogP contribution in [0.2, 0.25) is 0 Å². The molecule has 0 spiro atoms. The van der Waals surface area contributed by atoms with Gasteiger partial charge in [0.15, 0.2) is 11.5 Å². The fraction of sp³-hybridized carbons (Fsp3) is 0.405. The SMILES string of the molecule is C/C=C\C(=C/CCOC)CSC(c1cc(OC)cc(OC)c1C)c1c(CCc2ccc(OC)c(OC)c2)cc(OC)cc1OC. The van der Waals surface area contributed by atoms with Crippen LogP contribution < -0.4 is 28.4 Å². The van der Waals surface area contributed by atoms with E-state index in [-0.39, 0.29) is 5.25 Å². The lowest BCUT2D eigenvalue weighted by molar-refractivity contribution is 0.204. The molecule has 3 rings (SSSR count). The first-order valence-corrected chi connectivity index (χ1v) is 16.0. The molecule has 7 nitrogen and oxygen atoms in total. The molecule has 1 atom stereocenters. The fourth-order valence-electron chi connectivity index (χ4n) is 5.31. The first-order valence-electron chi connectivity index (χ1n) is 15.0. The smallest absolute Gasteiger partial charge is 0.160 e. The number of aryl methyl sites for hydroxylation is 2. The molecule has 1 unspecified atom stereocenters. The van der Waals surface area contributed by atoms with Gasteiger partial charge in [-0.2, -0.15) is 0 Å². The van der Waals surface area contributed by atoms with Crippen LogP contribution in [0.25, 0.3) is 0 Å². The number of rotatable bonds is 18.